The first-order valence-corrected chi connectivity index (χ1v) is 4.46. The molecule has 1 atom stereocenters. The lowest BCUT2D eigenvalue weighted by molar-refractivity contribution is -0.172. The zero-order valence-corrected chi connectivity index (χ0v) is 7.58. The number of hydrogen-bond acceptors (Lipinski definition) is 2. The number of carboxylic acid groups (broad SMARTS) is 1. The molecule has 0 aromatic heterocycles. The second-order valence-corrected chi connectivity index (χ2v) is 3.86. The number of aliphatic hydroxyl groups is 1. The number of hydrogen-bond donors (Lipinski definition) is 2. The van der Waals surface area contributed by atoms with E-state index in [4.69, 9.17) is 5.11 Å². The fraction of sp³-hybridized carbons (Fsp3) is 0.889. The Hall–Kier alpha value is -0.570. The summed E-state index contributed by atoms with van der Waals surface area (Å²) in [7, 11) is 0. The van der Waals surface area contributed by atoms with Crippen molar-refractivity contribution in [3.63, 3.8) is 0 Å². The Bertz CT molecular complexity index is 184. The Kier molecular flexibility index (Phi) is 2.42. The Morgan fingerprint density at radius 2 is 2.08 bits per heavy atom. The third kappa shape index (κ3) is 1.33. The smallest absolute Gasteiger partial charge is 0.335 e. The average molecular weight is 172 g/mol. The minimum atomic E-state index is -1.47. The molecule has 0 aliphatic heterocycles. The van der Waals surface area contributed by atoms with Crippen molar-refractivity contribution < 1.29 is 15.0 Å². The van der Waals surface area contributed by atoms with Crippen LogP contribution in [0.1, 0.15) is 33.1 Å². The van der Waals surface area contributed by atoms with Crippen molar-refractivity contribution in [1.82, 2.24) is 0 Å². The Morgan fingerprint density at radius 1 is 1.58 bits per heavy atom. The zero-order valence-electron chi connectivity index (χ0n) is 7.58. The number of carbonyl (C=O) groups is 1. The molecule has 1 unspecified atom stereocenters. The lowest BCUT2D eigenvalue weighted by Gasteiger charge is -2.41. The maximum absolute atomic E-state index is 10.7. The summed E-state index contributed by atoms with van der Waals surface area (Å²) in [4.78, 5) is 10.7. The summed E-state index contributed by atoms with van der Waals surface area (Å²) in [6.07, 6.45) is 1.99. The fourth-order valence-corrected chi connectivity index (χ4v) is 1.91. The highest BCUT2D eigenvalue weighted by atomic mass is 16.4. The van der Waals surface area contributed by atoms with Crippen LogP contribution in [0.15, 0.2) is 0 Å². The second-order valence-electron chi connectivity index (χ2n) is 3.86. The molecule has 70 valence electrons. The van der Waals surface area contributed by atoms with Gasteiger partial charge in [-0.3, -0.25) is 0 Å². The van der Waals surface area contributed by atoms with Gasteiger partial charge >= 0.3 is 5.97 Å². The van der Waals surface area contributed by atoms with E-state index in [1.165, 1.54) is 0 Å². The van der Waals surface area contributed by atoms with E-state index in [0.29, 0.717) is 12.3 Å². The molecule has 0 heterocycles. The van der Waals surface area contributed by atoms with Crippen molar-refractivity contribution in [2.24, 2.45) is 11.8 Å². The molecular formula is C9H16O3. The van der Waals surface area contributed by atoms with E-state index < -0.39 is 11.6 Å². The molecule has 0 spiro atoms. The molecule has 3 nitrogen and oxygen atoms in total. The van der Waals surface area contributed by atoms with Crippen LogP contribution < -0.4 is 0 Å². The van der Waals surface area contributed by atoms with Crippen LogP contribution in [-0.2, 0) is 4.79 Å². The molecule has 0 aromatic rings. The molecule has 1 aliphatic rings. The van der Waals surface area contributed by atoms with Gasteiger partial charge in [-0.25, -0.2) is 4.79 Å². The van der Waals surface area contributed by atoms with E-state index in [0.717, 1.165) is 12.8 Å². The van der Waals surface area contributed by atoms with E-state index in [9.17, 15) is 9.90 Å². The van der Waals surface area contributed by atoms with Crippen LogP contribution in [-0.4, -0.2) is 21.8 Å². The average Bonchev–Trinajstić information content (AvgIpc) is 1.97. The summed E-state index contributed by atoms with van der Waals surface area (Å²) >= 11 is 0. The van der Waals surface area contributed by atoms with Crippen molar-refractivity contribution >= 4 is 5.97 Å². The van der Waals surface area contributed by atoms with Gasteiger partial charge < -0.3 is 10.2 Å². The van der Waals surface area contributed by atoms with E-state index in [1.54, 1.807) is 6.92 Å². The fourth-order valence-electron chi connectivity index (χ4n) is 1.91. The molecule has 2 N–H and O–H groups in total. The van der Waals surface area contributed by atoms with E-state index in [-0.39, 0.29) is 5.92 Å². The van der Waals surface area contributed by atoms with Crippen molar-refractivity contribution in [2.75, 3.05) is 0 Å². The molecular weight excluding hydrogens is 156 g/mol. The first kappa shape index (κ1) is 9.52. The SMILES string of the molecule is CCC(O)(C(=O)O)C1CC(C)C1. The van der Waals surface area contributed by atoms with Gasteiger partial charge in [-0.05, 0) is 31.1 Å². The molecule has 0 bridgehead atoms. The molecule has 0 radical (unpaired) electrons. The summed E-state index contributed by atoms with van der Waals surface area (Å²) in [5.74, 6) is -0.524. The van der Waals surface area contributed by atoms with Crippen molar-refractivity contribution in [2.45, 2.75) is 38.7 Å². The summed E-state index contributed by atoms with van der Waals surface area (Å²) < 4.78 is 0. The molecule has 0 aromatic carbocycles. The summed E-state index contributed by atoms with van der Waals surface area (Å²) in [6, 6.07) is 0. The quantitative estimate of drug-likeness (QED) is 0.673. The highest BCUT2D eigenvalue weighted by Gasteiger charge is 2.47. The third-order valence-corrected chi connectivity index (χ3v) is 2.96. The zero-order chi connectivity index (χ0) is 9.35. The van der Waals surface area contributed by atoms with Crippen LogP contribution in [0.2, 0.25) is 0 Å². The Morgan fingerprint density at radius 3 is 2.33 bits per heavy atom. The van der Waals surface area contributed by atoms with Gasteiger partial charge in [0.2, 0.25) is 0 Å². The molecule has 1 aliphatic carbocycles. The number of carboxylic acids is 1. The van der Waals surface area contributed by atoms with Crippen LogP contribution >= 0.6 is 0 Å². The highest BCUT2D eigenvalue weighted by molar-refractivity contribution is 5.77. The Labute approximate surface area is 72.4 Å². The molecule has 0 amide bonds. The number of aliphatic carboxylic acids is 1. The minimum absolute atomic E-state index is 0.0324. The van der Waals surface area contributed by atoms with Crippen molar-refractivity contribution in [3.05, 3.63) is 0 Å². The maximum Gasteiger partial charge on any atom is 0.335 e. The first-order chi connectivity index (χ1) is 5.50. The van der Waals surface area contributed by atoms with Crippen LogP contribution in [0.4, 0.5) is 0 Å². The van der Waals surface area contributed by atoms with Gasteiger partial charge in [0.15, 0.2) is 5.60 Å². The number of rotatable bonds is 3. The van der Waals surface area contributed by atoms with Gasteiger partial charge in [0.25, 0.3) is 0 Å². The first-order valence-electron chi connectivity index (χ1n) is 4.46. The van der Waals surface area contributed by atoms with Crippen molar-refractivity contribution in [1.29, 1.82) is 0 Å². The second kappa shape index (κ2) is 3.05. The summed E-state index contributed by atoms with van der Waals surface area (Å²) in [5, 5.41) is 18.5. The topological polar surface area (TPSA) is 57.5 Å². The van der Waals surface area contributed by atoms with E-state index in [2.05, 4.69) is 6.92 Å². The molecule has 12 heavy (non-hydrogen) atoms. The van der Waals surface area contributed by atoms with Gasteiger partial charge in [0.05, 0.1) is 0 Å². The van der Waals surface area contributed by atoms with E-state index in [1.807, 2.05) is 0 Å². The monoisotopic (exact) mass is 172 g/mol. The summed E-state index contributed by atoms with van der Waals surface area (Å²) in [6.45, 7) is 3.80. The van der Waals surface area contributed by atoms with Gasteiger partial charge in [-0.15, -0.1) is 0 Å². The Balaban J connectivity index is 2.62. The highest BCUT2D eigenvalue weighted by Crippen LogP contribution is 2.42. The lowest BCUT2D eigenvalue weighted by atomic mass is 9.66. The van der Waals surface area contributed by atoms with Crippen LogP contribution in [0.3, 0.4) is 0 Å². The predicted molar refractivity (Wildman–Crippen MR) is 44.8 cm³/mol. The molecule has 1 rings (SSSR count). The van der Waals surface area contributed by atoms with Crippen LogP contribution in [0, 0.1) is 11.8 Å². The van der Waals surface area contributed by atoms with Gasteiger partial charge in [-0.2, -0.15) is 0 Å². The molecule has 0 saturated heterocycles. The van der Waals surface area contributed by atoms with Gasteiger partial charge in [0, 0.05) is 0 Å². The maximum atomic E-state index is 10.7. The minimum Gasteiger partial charge on any atom is -0.479 e. The molecule has 1 fully saturated rings. The van der Waals surface area contributed by atoms with Gasteiger partial charge in [-0.1, -0.05) is 13.8 Å². The van der Waals surface area contributed by atoms with Crippen molar-refractivity contribution in [3.8, 4) is 0 Å². The summed E-state index contributed by atoms with van der Waals surface area (Å²) in [5.41, 5.74) is -1.47. The standard InChI is InChI=1S/C9H16O3/c1-3-9(12,8(10)11)7-4-6(2)5-7/h6-7,12H,3-5H2,1-2H3,(H,10,11). The van der Waals surface area contributed by atoms with Crippen LogP contribution in [0.5, 0.6) is 0 Å². The third-order valence-electron chi connectivity index (χ3n) is 2.96. The molecule has 3 heteroatoms. The largest absolute Gasteiger partial charge is 0.479 e. The normalized spacial score (nSPS) is 33.6. The lowest BCUT2D eigenvalue weighted by Crippen LogP contribution is -2.50. The van der Waals surface area contributed by atoms with Gasteiger partial charge in [0.1, 0.15) is 0 Å². The molecule has 1 saturated carbocycles. The predicted octanol–water partition coefficient (Wildman–Crippen LogP) is 1.26. The van der Waals surface area contributed by atoms with Crippen LogP contribution in [0.25, 0.3) is 0 Å². The van der Waals surface area contributed by atoms with E-state index >= 15 is 0 Å².